The fourth-order valence-electron chi connectivity index (χ4n) is 2.70. The second kappa shape index (κ2) is 7.68. The Kier molecular flexibility index (Phi) is 5.70. The summed E-state index contributed by atoms with van der Waals surface area (Å²) in [6.45, 7) is 6.09. The van der Waals surface area contributed by atoms with Crippen LogP contribution in [0.15, 0.2) is 29.4 Å². The Morgan fingerprint density at radius 2 is 2.03 bits per heavy atom. The van der Waals surface area contributed by atoms with Crippen LogP contribution in [-0.2, 0) is 9.84 Å². The van der Waals surface area contributed by atoms with Gasteiger partial charge in [-0.1, -0.05) is 11.6 Å². The highest BCUT2D eigenvalue weighted by atomic mass is 35.5. The fourth-order valence-corrected chi connectivity index (χ4v) is 4.14. The van der Waals surface area contributed by atoms with Crippen LogP contribution in [0.25, 0.3) is 16.9 Å². The van der Waals surface area contributed by atoms with Gasteiger partial charge in [0.25, 0.3) is 0 Å². The molecular weight excluding hydrogens is 435 g/mol. The number of pyridine rings is 2. The molecule has 0 aromatic carbocycles. The van der Waals surface area contributed by atoms with Crippen LogP contribution in [-0.4, -0.2) is 45.4 Å². The summed E-state index contributed by atoms with van der Waals surface area (Å²) in [5.74, 6) is -0.977. The predicted octanol–water partition coefficient (Wildman–Crippen LogP) is 3.10. The number of nitrogen functional groups attached to an aromatic ring is 1. The summed E-state index contributed by atoms with van der Waals surface area (Å²) in [7, 11) is -3.86. The second-order valence-corrected chi connectivity index (χ2v) is 10.9. The lowest BCUT2D eigenvalue weighted by atomic mass is 10.2. The minimum absolute atomic E-state index is 0.0125. The van der Waals surface area contributed by atoms with Crippen LogP contribution in [0.3, 0.4) is 0 Å². The molecule has 30 heavy (non-hydrogen) atoms. The van der Waals surface area contributed by atoms with E-state index >= 15 is 0 Å². The first-order valence-electron chi connectivity index (χ1n) is 9.01. The molecule has 0 aliphatic carbocycles. The number of hydrogen-bond acceptors (Lipinski definition) is 7. The van der Waals surface area contributed by atoms with Gasteiger partial charge in [0.15, 0.2) is 9.84 Å². The topological polar surface area (TPSA) is 120 Å². The number of sulfone groups is 1. The van der Waals surface area contributed by atoms with Gasteiger partial charge in [-0.3, -0.25) is 4.40 Å². The van der Waals surface area contributed by atoms with E-state index in [-0.39, 0.29) is 39.3 Å². The van der Waals surface area contributed by atoms with Gasteiger partial charge in [-0.15, -0.1) is 0 Å². The number of hydrogen-bond donors (Lipinski definition) is 2. The molecule has 0 saturated heterocycles. The highest BCUT2D eigenvalue weighted by Gasteiger charge is 2.34. The summed E-state index contributed by atoms with van der Waals surface area (Å²) in [5, 5.41) is 9.60. The Bertz CT molecular complexity index is 1220. The average molecular weight is 457 g/mol. The van der Waals surface area contributed by atoms with Crippen LogP contribution < -0.4 is 10.5 Å². The van der Waals surface area contributed by atoms with Crippen LogP contribution in [0.4, 0.5) is 10.2 Å². The lowest BCUT2D eigenvalue weighted by Crippen LogP contribution is -2.29. The van der Waals surface area contributed by atoms with Crippen LogP contribution in [0.1, 0.15) is 27.7 Å². The second-order valence-electron chi connectivity index (χ2n) is 7.84. The van der Waals surface area contributed by atoms with Gasteiger partial charge in [0.1, 0.15) is 28.7 Å². The number of anilines is 1. The molecule has 0 fully saturated rings. The molecule has 3 aromatic heterocycles. The van der Waals surface area contributed by atoms with Gasteiger partial charge in [-0.2, -0.15) is 4.39 Å². The maximum Gasteiger partial charge on any atom is 0.224 e. The van der Waals surface area contributed by atoms with Crippen LogP contribution >= 0.6 is 11.6 Å². The fraction of sp³-hybridized carbons (Fsp3) is 0.368. The van der Waals surface area contributed by atoms with Crippen molar-refractivity contribution in [2.75, 3.05) is 12.3 Å². The number of aromatic nitrogens is 3. The van der Waals surface area contributed by atoms with Crippen molar-refractivity contribution in [1.82, 2.24) is 14.4 Å². The van der Waals surface area contributed by atoms with Gasteiger partial charge in [-0.25, -0.2) is 18.4 Å². The van der Waals surface area contributed by atoms with Crippen LogP contribution in [0.2, 0.25) is 5.02 Å². The molecular formula is C19H22ClFN4O4S. The van der Waals surface area contributed by atoms with E-state index in [1.54, 1.807) is 20.8 Å². The van der Waals surface area contributed by atoms with Crippen molar-refractivity contribution in [1.29, 1.82) is 0 Å². The molecule has 0 aliphatic rings. The van der Waals surface area contributed by atoms with E-state index in [1.807, 2.05) is 0 Å². The number of rotatable bonds is 5. The Morgan fingerprint density at radius 3 is 2.63 bits per heavy atom. The molecule has 0 saturated carbocycles. The molecule has 3 aromatic rings. The Labute approximate surface area is 178 Å². The van der Waals surface area contributed by atoms with Crippen molar-refractivity contribution >= 4 is 32.9 Å². The van der Waals surface area contributed by atoms with Crippen molar-refractivity contribution in [3.8, 4) is 17.0 Å². The van der Waals surface area contributed by atoms with Crippen molar-refractivity contribution in [3.63, 3.8) is 0 Å². The zero-order chi connectivity index (χ0) is 22.4. The van der Waals surface area contributed by atoms with E-state index in [4.69, 9.17) is 22.1 Å². The SMILES string of the molecule is C[C@@H](O)COc1cc2ncc(-c3cc(Cl)c(N)nc3F)n2cc1S(=O)(=O)C(C)(C)C. The molecule has 162 valence electrons. The maximum absolute atomic E-state index is 14.5. The van der Waals surface area contributed by atoms with Crippen molar-refractivity contribution in [2.45, 2.75) is 43.4 Å². The zero-order valence-corrected chi connectivity index (χ0v) is 18.4. The third-order valence-corrected chi connectivity index (χ3v) is 7.18. The first kappa shape index (κ1) is 22.3. The third-order valence-electron chi connectivity index (χ3n) is 4.38. The summed E-state index contributed by atoms with van der Waals surface area (Å²) in [4.78, 5) is 7.68. The number of nitrogens with two attached hydrogens (primary N) is 1. The minimum atomic E-state index is -3.86. The molecule has 0 unspecified atom stereocenters. The standard InChI is InChI=1S/C19H22ClFN4O4S/c1-10(26)9-29-14-6-16-23-7-13(11-5-12(20)18(22)24-17(11)21)25(16)8-15(14)30(27,28)19(2,3)4/h5-8,10,26H,9H2,1-4H3,(H2,22,24)/t10-/m1/s1. The van der Waals surface area contributed by atoms with E-state index in [1.165, 1.54) is 35.9 Å². The van der Waals surface area contributed by atoms with Gasteiger partial charge in [-0.05, 0) is 33.8 Å². The van der Waals surface area contributed by atoms with E-state index in [0.717, 1.165) is 0 Å². The monoisotopic (exact) mass is 456 g/mol. The number of ether oxygens (including phenoxy) is 1. The van der Waals surface area contributed by atoms with Crippen LogP contribution in [0, 0.1) is 5.95 Å². The Morgan fingerprint density at radius 1 is 1.37 bits per heavy atom. The molecule has 0 spiro atoms. The Balaban J connectivity index is 2.29. The van der Waals surface area contributed by atoms with Gasteiger partial charge in [0.05, 0.1) is 33.3 Å². The molecule has 0 aliphatic heterocycles. The molecule has 3 rings (SSSR count). The molecule has 3 N–H and O–H groups in total. The average Bonchev–Trinajstić information content (AvgIpc) is 3.03. The van der Waals surface area contributed by atoms with Gasteiger partial charge >= 0.3 is 0 Å². The van der Waals surface area contributed by atoms with Crippen molar-refractivity contribution < 1.29 is 22.7 Å². The molecule has 3 heterocycles. The van der Waals surface area contributed by atoms with Crippen molar-refractivity contribution in [2.24, 2.45) is 0 Å². The molecule has 1 atom stereocenters. The lowest BCUT2D eigenvalue weighted by Gasteiger charge is -2.22. The number of fused-ring (bicyclic) bond motifs is 1. The number of nitrogens with zero attached hydrogens (tertiary/aromatic N) is 3. The normalized spacial score (nSPS) is 13.6. The summed E-state index contributed by atoms with van der Waals surface area (Å²) in [5.41, 5.74) is 6.10. The number of imidazole rings is 1. The predicted molar refractivity (Wildman–Crippen MR) is 112 cm³/mol. The first-order chi connectivity index (χ1) is 13.8. The maximum atomic E-state index is 14.5. The van der Waals surface area contributed by atoms with E-state index in [2.05, 4.69) is 9.97 Å². The largest absolute Gasteiger partial charge is 0.489 e. The summed E-state index contributed by atoms with van der Waals surface area (Å²) in [6, 6.07) is 2.73. The van der Waals surface area contributed by atoms with E-state index in [0.29, 0.717) is 5.65 Å². The molecule has 0 radical (unpaired) electrons. The molecule has 0 amide bonds. The molecule has 0 bridgehead atoms. The van der Waals surface area contributed by atoms with Crippen LogP contribution in [0.5, 0.6) is 5.75 Å². The van der Waals surface area contributed by atoms with E-state index < -0.39 is 26.6 Å². The molecule has 11 heteroatoms. The Hall–Kier alpha value is -2.43. The highest BCUT2D eigenvalue weighted by molar-refractivity contribution is 7.92. The minimum Gasteiger partial charge on any atom is -0.489 e. The quantitative estimate of drug-likeness (QED) is 0.566. The van der Waals surface area contributed by atoms with Gasteiger partial charge in [0, 0.05) is 12.3 Å². The molecule has 8 nitrogen and oxygen atoms in total. The van der Waals surface area contributed by atoms with Gasteiger partial charge in [0.2, 0.25) is 5.95 Å². The number of aliphatic hydroxyl groups excluding tert-OH is 1. The van der Waals surface area contributed by atoms with E-state index in [9.17, 15) is 17.9 Å². The summed E-state index contributed by atoms with van der Waals surface area (Å²) < 4.78 is 46.7. The highest BCUT2D eigenvalue weighted by Crippen LogP contribution is 2.35. The smallest absolute Gasteiger partial charge is 0.224 e. The first-order valence-corrected chi connectivity index (χ1v) is 10.9. The lowest BCUT2D eigenvalue weighted by molar-refractivity contribution is 0.121. The third kappa shape index (κ3) is 3.94. The van der Waals surface area contributed by atoms with Crippen molar-refractivity contribution in [3.05, 3.63) is 35.5 Å². The zero-order valence-electron chi connectivity index (χ0n) is 16.8. The summed E-state index contributed by atoms with van der Waals surface area (Å²) >= 11 is 5.99. The van der Waals surface area contributed by atoms with Gasteiger partial charge < -0.3 is 15.6 Å². The number of aliphatic hydroxyl groups is 1. The summed E-state index contributed by atoms with van der Waals surface area (Å²) in [6.07, 6.45) is 1.88. The number of halogens is 2.